The van der Waals surface area contributed by atoms with E-state index in [4.69, 9.17) is 0 Å². The SMILES string of the molecule is CC(C)CC(C=O)N(C)C(=O)CC(NC(=O)[C@H](CC1=CCCC=C1)N(C)C(=O)[C@@H]1CCCN1C(=O)[C@@H](NC(=O)[C@H](CC1=CCCC=C1)N(C)C(=O)[C@H](CC(C)C)NC(=O)[C@H](CC(C)C)N(C)C)[C@@H](C)O)C(=O)N1CCCCC1. The molecule has 4 N–H and O–H groups in total. The minimum Gasteiger partial charge on any atom is -0.391 e. The van der Waals surface area contributed by atoms with Crippen LogP contribution in [0.15, 0.2) is 47.6 Å². The van der Waals surface area contributed by atoms with Crippen molar-refractivity contribution in [3.8, 4) is 0 Å². The standard InChI is InChI=1S/C59H95N9O10/c1-38(2)31-44(37-69)64(10)51(71)36-46(57(76)67-28-20-15-21-29-67)61-54(73)49(34-42-23-16-13-17-24-42)66(12)58(77)47-27-22-30-68(47)59(78)52(41(7)70)62-55(74)50(35-43-25-18-14-19-26-43)65(11)56(75)45(32-39(3)4)60-53(72)48(63(8)9)33-40(5)6/h16,18,23-26,37-41,44-50,52,70H,13-15,17,19-22,27-36H2,1-12H3,(H,60,72)(H,61,73)(H,62,74)/t41-,44?,45+,46?,47+,48+,49+,50+,52+/m1/s1. The van der Waals surface area contributed by atoms with Crippen molar-refractivity contribution in [1.29, 1.82) is 0 Å². The molecule has 0 aromatic rings. The summed E-state index contributed by atoms with van der Waals surface area (Å²) in [6.07, 6.45) is 18.1. The number of aliphatic hydroxyl groups is 1. The second-order valence-electron chi connectivity index (χ2n) is 23.6. The molecule has 0 bridgehead atoms. The average Bonchev–Trinajstić information content (AvgIpc) is 3.91. The Bertz CT molecular complexity index is 2210. The molecule has 0 spiro atoms. The third-order valence-electron chi connectivity index (χ3n) is 15.5. The van der Waals surface area contributed by atoms with Gasteiger partial charge in [0.1, 0.15) is 42.5 Å². The highest BCUT2D eigenvalue weighted by molar-refractivity contribution is 5.98. The molecule has 19 heteroatoms. The van der Waals surface area contributed by atoms with E-state index in [-0.39, 0.29) is 49.5 Å². The number of hydrogen-bond acceptors (Lipinski definition) is 11. The fraction of sp³-hybridized carbons (Fsp3) is 0.712. The van der Waals surface area contributed by atoms with E-state index in [1.54, 1.807) is 4.90 Å². The molecule has 4 aliphatic rings. The molecular formula is C59H95N9O10. The quantitative estimate of drug-likeness (QED) is 0.0808. The van der Waals surface area contributed by atoms with E-state index in [1.807, 2.05) is 97.0 Å². The molecule has 8 amide bonds. The largest absolute Gasteiger partial charge is 0.391 e. The van der Waals surface area contributed by atoms with Crippen LogP contribution in [-0.4, -0.2) is 197 Å². The summed E-state index contributed by atoms with van der Waals surface area (Å²) in [4.78, 5) is 137. The first kappa shape index (κ1) is 64.8. The van der Waals surface area contributed by atoms with Gasteiger partial charge in [-0.25, -0.2) is 0 Å². The van der Waals surface area contributed by atoms with Crippen molar-refractivity contribution in [3.63, 3.8) is 0 Å². The van der Waals surface area contributed by atoms with Gasteiger partial charge in [0.25, 0.3) is 0 Å². The van der Waals surface area contributed by atoms with Crippen molar-refractivity contribution < 1.29 is 48.3 Å². The Morgan fingerprint density at radius 3 is 1.64 bits per heavy atom. The summed E-state index contributed by atoms with van der Waals surface area (Å²) in [5, 5.41) is 20.0. The Balaban J connectivity index is 1.64. The van der Waals surface area contributed by atoms with Crippen LogP contribution in [0.3, 0.4) is 0 Å². The Morgan fingerprint density at radius 1 is 0.615 bits per heavy atom. The van der Waals surface area contributed by atoms with Crippen LogP contribution in [0.2, 0.25) is 0 Å². The summed E-state index contributed by atoms with van der Waals surface area (Å²) in [5.41, 5.74) is 1.59. The Hall–Kier alpha value is -5.69. The zero-order valence-electron chi connectivity index (χ0n) is 49.0. The lowest BCUT2D eigenvalue weighted by molar-refractivity contribution is -0.150. The molecule has 436 valence electrons. The third-order valence-corrected chi connectivity index (χ3v) is 15.5. The maximum absolute atomic E-state index is 14.9. The molecule has 2 aliphatic heterocycles. The minimum absolute atomic E-state index is 0.00348. The number of likely N-dealkylation sites (tertiary alicyclic amines) is 2. The molecule has 0 saturated carbocycles. The molecule has 0 aromatic heterocycles. The number of hydrogen-bond donors (Lipinski definition) is 4. The number of carbonyl (C=O) groups excluding carboxylic acids is 9. The summed E-state index contributed by atoms with van der Waals surface area (Å²) >= 11 is 0. The maximum Gasteiger partial charge on any atom is 0.248 e. The normalized spacial score (nSPS) is 19.7. The summed E-state index contributed by atoms with van der Waals surface area (Å²) in [5.74, 6) is -4.09. The zero-order valence-corrected chi connectivity index (χ0v) is 49.0. The summed E-state index contributed by atoms with van der Waals surface area (Å²) < 4.78 is 0. The van der Waals surface area contributed by atoms with Gasteiger partial charge in [0.05, 0.1) is 24.6 Å². The maximum atomic E-state index is 14.9. The molecule has 0 aromatic carbocycles. The average molecular weight is 1090 g/mol. The minimum atomic E-state index is -1.55. The van der Waals surface area contributed by atoms with Gasteiger partial charge in [-0.1, -0.05) is 78.0 Å². The first-order chi connectivity index (χ1) is 36.9. The Kier molecular flexibility index (Phi) is 25.9. The zero-order chi connectivity index (χ0) is 58.0. The van der Waals surface area contributed by atoms with Crippen LogP contribution in [0, 0.1) is 17.8 Å². The number of nitrogens with one attached hydrogen (secondary N) is 3. The van der Waals surface area contributed by atoms with Crippen molar-refractivity contribution in [2.75, 3.05) is 54.9 Å². The first-order valence-corrected chi connectivity index (χ1v) is 28.7. The second-order valence-corrected chi connectivity index (χ2v) is 23.6. The Labute approximate surface area is 465 Å². The summed E-state index contributed by atoms with van der Waals surface area (Å²) in [7, 11) is 8.13. The van der Waals surface area contributed by atoms with E-state index >= 15 is 0 Å². The van der Waals surface area contributed by atoms with Gasteiger partial charge in [0.2, 0.25) is 47.3 Å². The van der Waals surface area contributed by atoms with Crippen LogP contribution in [0.5, 0.6) is 0 Å². The predicted molar refractivity (Wildman–Crippen MR) is 301 cm³/mol. The van der Waals surface area contributed by atoms with Gasteiger partial charge < -0.3 is 50.4 Å². The van der Waals surface area contributed by atoms with Crippen LogP contribution >= 0.6 is 0 Å². The number of allylic oxidation sites excluding steroid dienone is 6. The smallest absolute Gasteiger partial charge is 0.248 e. The van der Waals surface area contributed by atoms with E-state index < -0.39 is 102 Å². The van der Waals surface area contributed by atoms with E-state index in [2.05, 4.69) is 16.0 Å². The van der Waals surface area contributed by atoms with E-state index in [1.165, 1.54) is 47.7 Å². The number of piperidine rings is 1. The van der Waals surface area contributed by atoms with Crippen molar-refractivity contribution in [2.45, 2.75) is 199 Å². The van der Waals surface area contributed by atoms with Gasteiger partial charge in [0, 0.05) is 53.6 Å². The molecule has 19 nitrogen and oxygen atoms in total. The van der Waals surface area contributed by atoms with Gasteiger partial charge >= 0.3 is 0 Å². The van der Waals surface area contributed by atoms with Gasteiger partial charge in [-0.2, -0.15) is 0 Å². The van der Waals surface area contributed by atoms with E-state index in [9.17, 15) is 48.3 Å². The monoisotopic (exact) mass is 1090 g/mol. The topological polar surface area (TPSA) is 229 Å². The van der Waals surface area contributed by atoms with Crippen LogP contribution in [0.4, 0.5) is 0 Å². The molecular weight excluding hydrogens is 995 g/mol. The number of aldehydes is 1. The van der Waals surface area contributed by atoms with Gasteiger partial charge in [-0.05, 0) is 127 Å². The number of likely N-dealkylation sites (N-methyl/N-ethyl adjacent to an activating group) is 4. The molecule has 4 rings (SSSR count). The van der Waals surface area contributed by atoms with Crippen LogP contribution in [-0.2, 0) is 43.2 Å². The fourth-order valence-corrected chi connectivity index (χ4v) is 10.8. The highest BCUT2D eigenvalue weighted by Crippen LogP contribution is 2.27. The van der Waals surface area contributed by atoms with Gasteiger partial charge in [-0.3, -0.25) is 43.3 Å². The lowest BCUT2D eigenvalue weighted by atomic mass is 9.96. The number of carbonyl (C=O) groups is 9. The number of rotatable bonds is 28. The van der Waals surface area contributed by atoms with Crippen molar-refractivity contribution >= 4 is 53.5 Å². The molecule has 9 atom stereocenters. The molecule has 2 unspecified atom stereocenters. The number of amides is 8. The predicted octanol–water partition coefficient (Wildman–Crippen LogP) is 4.30. The van der Waals surface area contributed by atoms with Crippen molar-refractivity contribution in [3.05, 3.63) is 47.6 Å². The van der Waals surface area contributed by atoms with Crippen molar-refractivity contribution in [1.82, 2.24) is 45.3 Å². The highest BCUT2D eigenvalue weighted by Gasteiger charge is 2.44. The van der Waals surface area contributed by atoms with Crippen molar-refractivity contribution in [2.24, 2.45) is 17.8 Å². The molecule has 2 fully saturated rings. The van der Waals surface area contributed by atoms with E-state index in [0.717, 1.165) is 49.7 Å². The summed E-state index contributed by atoms with van der Waals surface area (Å²) in [6, 6.07) is -8.52. The van der Waals surface area contributed by atoms with E-state index in [0.29, 0.717) is 51.5 Å². The molecule has 2 saturated heterocycles. The third kappa shape index (κ3) is 18.7. The second kappa shape index (κ2) is 31.2. The molecule has 78 heavy (non-hydrogen) atoms. The molecule has 2 heterocycles. The number of aliphatic hydroxyl groups excluding tert-OH is 1. The van der Waals surface area contributed by atoms with Crippen LogP contribution in [0.1, 0.15) is 145 Å². The van der Waals surface area contributed by atoms with Crippen LogP contribution in [0.25, 0.3) is 0 Å². The molecule has 2 aliphatic carbocycles. The molecule has 0 radical (unpaired) electrons. The fourth-order valence-electron chi connectivity index (χ4n) is 10.8. The van der Waals surface area contributed by atoms with Gasteiger partial charge in [0.15, 0.2) is 0 Å². The number of nitrogens with zero attached hydrogens (tertiary/aromatic N) is 6. The lowest BCUT2D eigenvalue weighted by Gasteiger charge is -2.37. The lowest BCUT2D eigenvalue weighted by Crippen LogP contribution is -2.62. The Morgan fingerprint density at radius 2 is 1.14 bits per heavy atom. The van der Waals surface area contributed by atoms with Gasteiger partial charge in [-0.15, -0.1) is 0 Å². The highest BCUT2D eigenvalue weighted by atomic mass is 16.3. The van der Waals surface area contributed by atoms with Crippen LogP contribution < -0.4 is 16.0 Å². The first-order valence-electron chi connectivity index (χ1n) is 28.7. The summed E-state index contributed by atoms with van der Waals surface area (Å²) in [6.45, 7) is 14.2.